The van der Waals surface area contributed by atoms with Gasteiger partial charge in [0.1, 0.15) is 6.61 Å². The summed E-state index contributed by atoms with van der Waals surface area (Å²) in [6.45, 7) is 2.99. The first-order chi connectivity index (χ1) is 8.33. The van der Waals surface area contributed by atoms with Crippen molar-refractivity contribution >= 4 is 12.4 Å². The number of piperazine rings is 1. The molecule has 1 amide bonds. The van der Waals surface area contributed by atoms with E-state index < -0.39 is 0 Å². The monoisotopic (exact) mass is 236 g/mol. The number of benzene rings is 1. The molecule has 1 fully saturated rings. The van der Waals surface area contributed by atoms with Crippen LogP contribution in [0.4, 0.5) is 0 Å². The Balaban J connectivity index is 0.000000181. The number of hydrogen-bond donors (Lipinski definition) is 2. The molecule has 2 N–H and O–H groups in total. The van der Waals surface area contributed by atoms with Crippen LogP contribution in [-0.2, 0) is 20.9 Å². The Morgan fingerprint density at radius 2 is 2.00 bits per heavy atom. The number of nitrogens with one attached hydrogen (secondary N) is 2. The molecule has 0 aliphatic carbocycles. The van der Waals surface area contributed by atoms with Crippen molar-refractivity contribution in [2.24, 2.45) is 0 Å². The summed E-state index contributed by atoms with van der Waals surface area (Å²) in [5.41, 5.74) is 1.01. The molecule has 5 nitrogen and oxygen atoms in total. The molecule has 0 spiro atoms. The second kappa shape index (κ2) is 8.29. The lowest BCUT2D eigenvalue weighted by Gasteiger charge is -2.11. The van der Waals surface area contributed by atoms with Crippen molar-refractivity contribution in [3.05, 3.63) is 35.9 Å². The van der Waals surface area contributed by atoms with Crippen molar-refractivity contribution in [3.63, 3.8) is 0 Å². The van der Waals surface area contributed by atoms with Crippen molar-refractivity contribution in [1.82, 2.24) is 10.6 Å². The first-order valence-electron chi connectivity index (χ1n) is 5.39. The molecular weight excluding hydrogens is 220 g/mol. The molecule has 0 atom stereocenters. The average Bonchev–Trinajstić information content (AvgIpc) is 2.39. The Hall–Kier alpha value is -1.88. The summed E-state index contributed by atoms with van der Waals surface area (Å²) in [6.07, 6.45) is 0. The summed E-state index contributed by atoms with van der Waals surface area (Å²) < 4.78 is 4.54. The fraction of sp³-hybridized carbons (Fsp3) is 0.333. The summed E-state index contributed by atoms with van der Waals surface area (Å²) in [4.78, 5) is 20.0. The van der Waals surface area contributed by atoms with Crippen molar-refractivity contribution < 1.29 is 14.3 Å². The van der Waals surface area contributed by atoms with E-state index in [0.29, 0.717) is 19.6 Å². The van der Waals surface area contributed by atoms with Crippen molar-refractivity contribution in [3.8, 4) is 0 Å². The Labute approximate surface area is 100 Å². The number of carbonyl (C=O) groups excluding carboxylic acids is 2. The molecule has 1 saturated heterocycles. The van der Waals surface area contributed by atoms with Gasteiger partial charge in [0.05, 0.1) is 6.54 Å². The lowest BCUT2D eigenvalue weighted by Crippen LogP contribution is -2.44. The van der Waals surface area contributed by atoms with Crippen LogP contribution in [-0.4, -0.2) is 32.0 Å². The van der Waals surface area contributed by atoms with Crippen molar-refractivity contribution in [2.75, 3.05) is 19.6 Å². The fourth-order valence-electron chi connectivity index (χ4n) is 1.26. The van der Waals surface area contributed by atoms with Crippen molar-refractivity contribution in [2.45, 2.75) is 6.61 Å². The Bertz CT molecular complexity index is 333. The van der Waals surface area contributed by atoms with Gasteiger partial charge in [-0.25, -0.2) is 0 Å². The van der Waals surface area contributed by atoms with E-state index in [2.05, 4.69) is 15.4 Å². The second-order valence-corrected chi connectivity index (χ2v) is 3.42. The molecule has 0 radical (unpaired) electrons. The fourth-order valence-corrected chi connectivity index (χ4v) is 1.26. The van der Waals surface area contributed by atoms with Gasteiger partial charge in [0.2, 0.25) is 5.91 Å². The zero-order valence-corrected chi connectivity index (χ0v) is 9.52. The largest absolute Gasteiger partial charge is 0.463 e. The molecule has 2 rings (SSSR count). The van der Waals surface area contributed by atoms with Crippen LogP contribution in [0.25, 0.3) is 0 Å². The summed E-state index contributed by atoms with van der Waals surface area (Å²) in [7, 11) is 0. The third-order valence-corrected chi connectivity index (χ3v) is 2.07. The highest BCUT2D eigenvalue weighted by Crippen LogP contribution is 1.98. The highest BCUT2D eigenvalue weighted by Gasteiger charge is 2.02. The van der Waals surface area contributed by atoms with Crippen LogP contribution in [0.2, 0.25) is 0 Å². The Kier molecular flexibility index (Phi) is 6.43. The van der Waals surface area contributed by atoms with Gasteiger partial charge in [0.15, 0.2) is 0 Å². The van der Waals surface area contributed by atoms with E-state index in [0.717, 1.165) is 18.7 Å². The van der Waals surface area contributed by atoms with E-state index in [1.807, 2.05) is 30.3 Å². The highest BCUT2D eigenvalue weighted by atomic mass is 16.5. The molecule has 0 unspecified atom stereocenters. The molecule has 1 aliphatic heterocycles. The number of ether oxygens (including phenoxy) is 1. The zero-order valence-electron chi connectivity index (χ0n) is 9.52. The molecule has 0 bridgehead atoms. The van der Waals surface area contributed by atoms with Gasteiger partial charge in [-0.1, -0.05) is 30.3 Å². The molecule has 1 aliphatic rings. The molecule has 5 heteroatoms. The van der Waals surface area contributed by atoms with Gasteiger partial charge in [0, 0.05) is 13.1 Å². The summed E-state index contributed by atoms with van der Waals surface area (Å²) in [5, 5.41) is 5.60. The lowest BCUT2D eigenvalue weighted by atomic mass is 10.2. The van der Waals surface area contributed by atoms with Crippen LogP contribution in [0.5, 0.6) is 0 Å². The number of rotatable bonds is 3. The maximum Gasteiger partial charge on any atom is 0.293 e. The summed E-state index contributed by atoms with van der Waals surface area (Å²) in [5.74, 6) is 0.103. The number of carbonyl (C=O) groups is 2. The van der Waals surface area contributed by atoms with Crippen LogP contribution >= 0.6 is 0 Å². The zero-order chi connectivity index (χ0) is 12.3. The van der Waals surface area contributed by atoms with E-state index >= 15 is 0 Å². The molecule has 1 heterocycles. The number of hydrogen-bond acceptors (Lipinski definition) is 4. The van der Waals surface area contributed by atoms with Gasteiger partial charge < -0.3 is 15.4 Å². The van der Waals surface area contributed by atoms with Gasteiger partial charge in [-0.3, -0.25) is 9.59 Å². The first-order valence-corrected chi connectivity index (χ1v) is 5.39. The molecule has 17 heavy (non-hydrogen) atoms. The minimum Gasteiger partial charge on any atom is -0.463 e. The standard InChI is InChI=1S/C8H8O2.C4H8N2O/c9-7-10-6-8-4-2-1-3-5-8;7-4-3-5-1-2-6-4/h1-5,7H,6H2;5H,1-3H2,(H,6,7). The second-order valence-electron chi connectivity index (χ2n) is 3.42. The van der Waals surface area contributed by atoms with Crippen LogP contribution in [0.15, 0.2) is 30.3 Å². The number of amides is 1. The van der Waals surface area contributed by atoms with Gasteiger partial charge in [-0.05, 0) is 5.56 Å². The van der Waals surface area contributed by atoms with Gasteiger partial charge in [0.25, 0.3) is 6.47 Å². The quantitative estimate of drug-likeness (QED) is 0.729. The summed E-state index contributed by atoms with van der Waals surface area (Å²) >= 11 is 0. The van der Waals surface area contributed by atoms with E-state index in [-0.39, 0.29) is 5.91 Å². The molecule has 1 aromatic carbocycles. The van der Waals surface area contributed by atoms with E-state index in [9.17, 15) is 9.59 Å². The van der Waals surface area contributed by atoms with E-state index in [1.54, 1.807) is 0 Å². The topological polar surface area (TPSA) is 67.4 Å². The van der Waals surface area contributed by atoms with Crippen LogP contribution < -0.4 is 10.6 Å². The van der Waals surface area contributed by atoms with Crippen LogP contribution in [0.3, 0.4) is 0 Å². The maximum absolute atomic E-state index is 10.3. The van der Waals surface area contributed by atoms with Gasteiger partial charge in [-0.15, -0.1) is 0 Å². The minimum absolute atomic E-state index is 0.103. The molecule has 0 aromatic heterocycles. The molecule has 1 aromatic rings. The normalized spacial score (nSPS) is 14.0. The van der Waals surface area contributed by atoms with Crippen molar-refractivity contribution in [1.29, 1.82) is 0 Å². The Morgan fingerprint density at radius 1 is 1.24 bits per heavy atom. The Morgan fingerprint density at radius 3 is 2.47 bits per heavy atom. The van der Waals surface area contributed by atoms with Crippen LogP contribution in [0.1, 0.15) is 5.56 Å². The minimum atomic E-state index is 0.103. The summed E-state index contributed by atoms with van der Waals surface area (Å²) in [6, 6.07) is 9.55. The molecular formula is C12H16N2O3. The first kappa shape index (κ1) is 13.2. The smallest absolute Gasteiger partial charge is 0.293 e. The van der Waals surface area contributed by atoms with Crippen LogP contribution in [0, 0.1) is 0 Å². The lowest BCUT2D eigenvalue weighted by molar-refractivity contribution is -0.129. The van der Waals surface area contributed by atoms with Gasteiger partial charge in [-0.2, -0.15) is 0 Å². The predicted octanol–water partition coefficient (Wildman–Crippen LogP) is 0.0654. The van der Waals surface area contributed by atoms with Gasteiger partial charge >= 0.3 is 0 Å². The highest BCUT2D eigenvalue weighted by molar-refractivity contribution is 5.78. The van der Waals surface area contributed by atoms with E-state index in [4.69, 9.17) is 0 Å². The maximum atomic E-state index is 10.3. The SMILES string of the molecule is O=C1CNCCN1.O=COCc1ccccc1. The molecule has 92 valence electrons. The third-order valence-electron chi connectivity index (χ3n) is 2.07. The van der Waals surface area contributed by atoms with E-state index in [1.165, 1.54) is 0 Å². The predicted molar refractivity (Wildman–Crippen MR) is 63.2 cm³/mol. The third kappa shape index (κ3) is 6.32. The average molecular weight is 236 g/mol. The molecule has 0 saturated carbocycles.